The SMILES string of the molecule is NC(=NCc1ncc(-c2ccccc2)[nH]1)Nc1cccc2c1CCCC2. The summed E-state index contributed by atoms with van der Waals surface area (Å²) in [5, 5.41) is 3.26. The van der Waals surface area contributed by atoms with Gasteiger partial charge in [0.1, 0.15) is 12.4 Å². The van der Waals surface area contributed by atoms with Crippen molar-refractivity contribution >= 4 is 11.6 Å². The molecule has 0 saturated heterocycles. The van der Waals surface area contributed by atoms with Gasteiger partial charge in [0.05, 0.1) is 11.9 Å². The molecule has 2 aromatic carbocycles. The number of aromatic nitrogens is 2. The number of imidazole rings is 1. The summed E-state index contributed by atoms with van der Waals surface area (Å²) in [5.74, 6) is 1.21. The molecule has 1 aromatic heterocycles. The van der Waals surface area contributed by atoms with Crippen LogP contribution in [0.15, 0.2) is 59.7 Å². The van der Waals surface area contributed by atoms with E-state index in [1.54, 1.807) is 0 Å². The number of rotatable bonds is 4. The molecule has 3 aromatic rings. The quantitative estimate of drug-likeness (QED) is 0.496. The first-order valence-electron chi connectivity index (χ1n) is 9.06. The van der Waals surface area contributed by atoms with E-state index < -0.39 is 0 Å². The van der Waals surface area contributed by atoms with Gasteiger partial charge in [0, 0.05) is 5.69 Å². The van der Waals surface area contributed by atoms with Crippen molar-refractivity contribution in [3.63, 3.8) is 0 Å². The summed E-state index contributed by atoms with van der Waals surface area (Å²) in [7, 11) is 0. The number of anilines is 1. The standard InChI is InChI=1S/C21H23N5/c22-21(26-18-12-6-10-15-7-4-5-11-17(15)18)24-14-20-23-13-19(25-20)16-8-2-1-3-9-16/h1-3,6,8-10,12-13H,4-5,7,11,14H2,(H,23,25)(H3,22,24,26). The van der Waals surface area contributed by atoms with E-state index in [0.29, 0.717) is 12.5 Å². The van der Waals surface area contributed by atoms with E-state index in [9.17, 15) is 0 Å². The Hall–Kier alpha value is -3.08. The molecule has 0 saturated carbocycles. The summed E-state index contributed by atoms with van der Waals surface area (Å²) >= 11 is 0. The van der Waals surface area contributed by atoms with Crippen LogP contribution in [0.25, 0.3) is 11.3 Å². The van der Waals surface area contributed by atoms with Crippen LogP contribution in [0.4, 0.5) is 5.69 Å². The molecular weight excluding hydrogens is 322 g/mol. The van der Waals surface area contributed by atoms with Gasteiger partial charge in [0.2, 0.25) is 0 Å². The lowest BCUT2D eigenvalue weighted by molar-refractivity contribution is 0.687. The molecule has 0 unspecified atom stereocenters. The maximum atomic E-state index is 6.10. The smallest absolute Gasteiger partial charge is 0.193 e. The van der Waals surface area contributed by atoms with E-state index in [4.69, 9.17) is 5.73 Å². The van der Waals surface area contributed by atoms with Crippen molar-refractivity contribution in [3.05, 3.63) is 71.7 Å². The number of benzene rings is 2. The van der Waals surface area contributed by atoms with Gasteiger partial charge in [0.15, 0.2) is 5.96 Å². The Morgan fingerprint density at radius 1 is 1.08 bits per heavy atom. The summed E-state index contributed by atoms with van der Waals surface area (Å²) in [6, 6.07) is 16.5. The fourth-order valence-corrected chi connectivity index (χ4v) is 3.44. The third kappa shape index (κ3) is 3.61. The Bertz CT molecular complexity index is 911. The van der Waals surface area contributed by atoms with E-state index in [1.807, 2.05) is 24.4 Å². The molecule has 26 heavy (non-hydrogen) atoms. The molecule has 4 N–H and O–H groups in total. The van der Waals surface area contributed by atoms with Crippen molar-refractivity contribution < 1.29 is 0 Å². The minimum Gasteiger partial charge on any atom is -0.370 e. The summed E-state index contributed by atoms with van der Waals surface area (Å²) < 4.78 is 0. The molecule has 5 nitrogen and oxygen atoms in total. The van der Waals surface area contributed by atoms with Crippen LogP contribution in [0, 0.1) is 0 Å². The molecule has 4 rings (SSSR count). The summed E-state index contributed by atoms with van der Waals surface area (Å²) in [5.41, 5.74) is 12.1. The van der Waals surface area contributed by atoms with Crippen molar-refractivity contribution in [1.29, 1.82) is 0 Å². The van der Waals surface area contributed by atoms with E-state index in [0.717, 1.165) is 35.6 Å². The molecule has 1 aliphatic carbocycles. The molecule has 132 valence electrons. The molecule has 0 amide bonds. The molecular formula is C21H23N5. The van der Waals surface area contributed by atoms with Gasteiger partial charge in [-0.2, -0.15) is 0 Å². The Morgan fingerprint density at radius 2 is 1.92 bits per heavy atom. The van der Waals surface area contributed by atoms with Crippen molar-refractivity contribution in [2.45, 2.75) is 32.2 Å². The number of nitrogens with zero attached hydrogens (tertiary/aromatic N) is 2. The van der Waals surface area contributed by atoms with Gasteiger partial charge in [-0.1, -0.05) is 42.5 Å². The van der Waals surface area contributed by atoms with E-state index in [1.165, 1.54) is 24.0 Å². The van der Waals surface area contributed by atoms with Crippen molar-refractivity contribution in [3.8, 4) is 11.3 Å². The second-order valence-corrected chi connectivity index (χ2v) is 6.59. The van der Waals surface area contributed by atoms with Gasteiger partial charge in [-0.25, -0.2) is 9.98 Å². The lowest BCUT2D eigenvalue weighted by atomic mass is 9.90. The Balaban J connectivity index is 1.44. The highest BCUT2D eigenvalue weighted by Gasteiger charge is 2.13. The number of nitrogens with two attached hydrogens (primary N) is 1. The predicted molar refractivity (Wildman–Crippen MR) is 106 cm³/mol. The highest BCUT2D eigenvalue weighted by Crippen LogP contribution is 2.27. The first kappa shape index (κ1) is 16.4. The van der Waals surface area contributed by atoms with Crippen LogP contribution in [-0.2, 0) is 19.4 Å². The third-order valence-corrected chi connectivity index (χ3v) is 4.77. The number of hydrogen-bond donors (Lipinski definition) is 3. The third-order valence-electron chi connectivity index (χ3n) is 4.77. The summed E-state index contributed by atoms with van der Waals surface area (Å²) in [4.78, 5) is 12.1. The van der Waals surface area contributed by atoms with Crippen LogP contribution in [0.5, 0.6) is 0 Å². The fraction of sp³-hybridized carbons (Fsp3) is 0.238. The second-order valence-electron chi connectivity index (χ2n) is 6.59. The van der Waals surface area contributed by atoms with Crippen molar-refractivity contribution in [2.75, 3.05) is 5.32 Å². The monoisotopic (exact) mass is 345 g/mol. The number of aryl methyl sites for hydroxylation is 1. The van der Waals surface area contributed by atoms with Crippen molar-refractivity contribution in [2.24, 2.45) is 10.7 Å². The molecule has 5 heteroatoms. The predicted octanol–water partition coefficient (Wildman–Crippen LogP) is 3.88. The molecule has 1 heterocycles. The van der Waals surface area contributed by atoms with Crippen LogP contribution >= 0.6 is 0 Å². The maximum Gasteiger partial charge on any atom is 0.193 e. The topological polar surface area (TPSA) is 79.1 Å². The minimum absolute atomic E-state index is 0.417. The number of hydrogen-bond acceptors (Lipinski definition) is 2. The molecule has 0 atom stereocenters. The zero-order valence-electron chi connectivity index (χ0n) is 14.7. The van der Waals surface area contributed by atoms with Gasteiger partial charge in [-0.3, -0.25) is 0 Å². The van der Waals surface area contributed by atoms with Gasteiger partial charge < -0.3 is 16.0 Å². The molecule has 0 aliphatic heterocycles. The molecule has 0 bridgehead atoms. The van der Waals surface area contributed by atoms with E-state index >= 15 is 0 Å². The summed E-state index contributed by atoms with van der Waals surface area (Å²) in [6.45, 7) is 0.417. The van der Waals surface area contributed by atoms with Gasteiger partial charge in [0.25, 0.3) is 0 Å². The van der Waals surface area contributed by atoms with Crippen LogP contribution in [0.1, 0.15) is 29.8 Å². The lowest BCUT2D eigenvalue weighted by Gasteiger charge is -2.19. The molecule has 1 aliphatic rings. The Kier molecular flexibility index (Phi) is 4.69. The van der Waals surface area contributed by atoms with Gasteiger partial charge >= 0.3 is 0 Å². The molecule has 0 fully saturated rings. The van der Waals surface area contributed by atoms with Crippen LogP contribution < -0.4 is 11.1 Å². The average molecular weight is 345 g/mol. The number of H-pyrrole nitrogens is 1. The lowest BCUT2D eigenvalue weighted by Crippen LogP contribution is -2.24. The first-order valence-corrected chi connectivity index (χ1v) is 9.06. The zero-order chi connectivity index (χ0) is 17.8. The Labute approximate surface area is 153 Å². The Morgan fingerprint density at radius 3 is 2.81 bits per heavy atom. The number of fused-ring (bicyclic) bond motifs is 1. The molecule has 0 spiro atoms. The van der Waals surface area contributed by atoms with Crippen LogP contribution in [0.2, 0.25) is 0 Å². The van der Waals surface area contributed by atoms with Gasteiger partial charge in [-0.05, 0) is 48.4 Å². The minimum atomic E-state index is 0.417. The number of nitrogens with one attached hydrogen (secondary N) is 2. The van der Waals surface area contributed by atoms with E-state index in [2.05, 4.69) is 50.6 Å². The normalized spacial score (nSPS) is 14.1. The average Bonchev–Trinajstić information content (AvgIpc) is 3.17. The maximum absolute atomic E-state index is 6.10. The fourth-order valence-electron chi connectivity index (χ4n) is 3.44. The first-order chi connectivity index (χ1) is 12.8. The molecule has 0 radical (unpaired) electrons. The zero-order valence-corrected chi connectivity index (χ0v) is 14.7. The highest BCUT2D eigenvalue weighted by atomic mass is 15.1. The van der Waals surface area contributed by atoms with Crippen molar-refractivity contribution in [1.82, 2.24) is 9.97 Å². The second kappa shape index (κ2) is 7.44. The number of guanidine groups is 1. The van der Waals surface area contributed by atoms with Gasteiger partial charge in [-0.15, -0.1) is 0 Å². The summed E-state index contributed by atoms with van der Waals surface area (Å²) in [6.07, 6.45) is 6.58. The van der Waals surface area contributed by atoms with Crippen LogP contribution in [0.3, 0.4) is 0 Å². The highest BCUT2D eigenvalue weighted by molar-refractivity contribution is 5.93. The largest absolute Gasteiger partial charge is 0.370 e. The van der Waals surface area contributed by atoms with E-state index in [-0.39, 0.29) is 0 Å². The van der Waals surface area contributed by atoms with Crippen LogP contribution in [-0.4, -0.2) is 15.9 Å². The number of aromatic amines is 1. The number of aliphatic imine (C=N–C) groups is 1.